The molecule has 1 fully saturated rings. The minimum absolute atomic E-state index is 0.160. The Morgan fingerprint density at radius 2 is 2.09 bits per heavy atom. The minimum Gasteiger partial charge on any atom is -0.381 e. The summed E-state index contributed by atoms with van der Waals surface area (Å²) in [6.45, 7) is 5.34. The Bertz CT molecular complexity index is 138. The predicted octanol–water partition coefficient (Wildman–Crippen LogP) is 1.23. The van der Waals surface area contributed by atoms with Gasteiger partial charge in [-0.25, -0.2) is 0 Å². The normalized spacial score (nSPS) is 34.1. The van der Waals surface area contributed by atoms with Gasteiger partial charge in [0.25, 0.3) is 0 Å². The van der Waals surface area contributed by atoms with Gasteiger partial charge in [0.05, 0.1) is 4.85 Å². The summed E-state index contributed by atoms with van der Waals surface area (Å²) in [6, 6.07) is 0. The topological polar surface area (TPSA) is 9.23 Å². The van der Waals surface area contributed by atoms with E-state index in [0.717, 1.165) is 16.8 Å². The Hall–Kier alpha value is 0.684. The van der Waals surface area contributed by atoms with Gasteiger partial charge >= 0.3 is 0 Å². The molecule has 0 aromatic heterocycles. The van der Waals surface area contributed by atoms with E-state index in [1.165, 1.54) is 19.3 Å². The molecular formula is C7H17ClOSi2. The average Bonchev–Trinajstić information content (AvgIpc) is 1.87. The summed E-state index contributed by atoms with van der Waals surface area (Å²) in [5.74, 6) is 0. The maximum absolute atomic E-state index is 6.40. The van der Waals surface area contributed by atoms with Crippen molar-refractivity contribution in [1.82, 2.24) is 0 Å². The lowest BCUT2D eigenvalue weighted by Gasteiger charge is -2.41. The Labute approximate surface area is 77.6 Å². The van der Waals surface area contributed by atoms with Crippen LogP contribution in [0.5, 0.6) is 0 Å². The zero-order valence-corrected chi connectivity index (χ0v) is 11.4. The van der Waals surface area contributed by atoms with Crippen molar-refractivity contribution in [3.63, 3.8) is 0 Å². The Morgan fingerprint density at radius 1 is 1.45 bits per heavy atom. The van der Waals surface area contributed by atoms with Crippen molar-refractivity contribution in [3.05, 3.63) is 0 Å². The highest BCUT2D eigenvalue weighted by Crippen LogP contribution is 2.33. The molecule has 0 aromatic rings. The van der Waals surface area contributed by atoms with E-state index in [0.29, 0.717) is 0 Å². The second kappa shape index (κ2) is 3.20. The molecule has 0 aromatic carbocycles. The molecule has 4 heteroatoms. The number of hydrogen-bond donors (Lipinski definition) is 0. The molecule has 0 aliphatic carbocycles. The molecule has 66 valence electrons. The standard InChI is InChI=1S/C7H17ClOSi2/c1-11(2,8)7(10)5-3-4-6-9-7/h3-6H2,1-2,10H3. The van der Waals surface area contributed by atoms with Crippen LogP contribution >= 0.6 is 11.1 Å². The fraction of sp³-hybridized carbons (Fsp3) is 1.00. The highest BCUT2D eigenvalue weighted by molar-refractivity contribution is 7.22. The van der Waals surface area contributed by atoms with Crippen molar-refractivity contribution in [2.24, 2.45) is 0 Å². The first-order valence-electron chi connectivity index (χ1n) is 4.29. The first kappa shape index (κ1) is 9.77. The van der Waals surface area contributed by atoms with E-state index in [1.54, 1.807) is 0 Å². The van der Waals surface area contributed by atoms with Crippen LogP contribution in [0.4, 0.5) is 0 Å². The summed E-state index contributed by atoms with van der Waals surface area (Å²) in [7, 11) is -0.472. The van der Waals surface area contributed by atoms with Gasteiger partial charge in [-0.15, -0.1) is 0 Å². The Balaban J connectivity index is 2.64. The molecule has 0 radical (unpaired) electrons. The van der Waals surface area contributed by atoms with E-state index < -0.39 is 7.38 Å². The van der Waals surface area contributed by atoms with Crippen LogP contribution in [0.15, 0.2) is 0 Å². The summed E-state index contributed by atoms with van der Waals surface area (Å²) in [5.41, 5.74) is 0. The van der Waals surface area contributed by atoms with Crippen molar-refractivity contribution >= 4 is 28.7 Å². The lowest BCUT2D eigenvalue weighted by Crippen LogP contribution is -2.55. The highest BCUT2D eigenvalue weighted by atomic mass is 35.6. The van der Waals surface area contributed by atoms with Crippen LogP contribution in [0.1, 0.15) is 19.3 Å². The zero-order chi connectivity index (χ0) is 8.54. The van der Waals surface area contributed by atoms with Crippen molar-refractivity contribution in [3.8, 4) is 0 Å². The molecule has 1 heterocycles. The lowest BCUT2D eigenvalue weighted by atomic mass is 10.2. The number of ether oxygens (including phenoxy) is 1. The summed E-state index contributed by atoms with van der Waals surface area (Å²) in [5, 5.41) is 0. The van der Waals surface area contributed by atoms with Gasteiger partial charge in [0.15, 0.2) is 7.38 Å². The molecule has 1 saturated heterocycles. The molecule has 0 spiro atoms. The zero-order valence-electron chi connectivity index (χ0n) is 7.61. The van der Waals surface area contributed by atoms with Crippen LogP contribution in [0, 0.1) is 0 Å². The molecule has 1 unspecified atom stereocenters. The molecule has 0 amide bonds. The molecule has 1 aliphatic rings. The van der Waals surface area contributed by atoms with E-state index in [4.69, 9.17) is 15.8 Å². The summed E-state index contributed by atoms with van der Waals surface area (Å²) < 4.78 is 5.82. The third kappa shape index (κ3) is 2.08. The van der Waals surface area contributed by atoms with Crippen LogP contribution in [-0.2, 0) is 4.74 Å². The van der Waals surface area contributed by atoms with Crippen LogP contribution in [-0.4, -0.2) is 29.1 Å². The SMILES string of the molecule is C[Si](C)(Cl)C1([SiH3])CCCCO1. The van der Waals surface area contributed by atoms with Crippen LogP contribution in [0.3, 0.4) is 0 Å². The fourth-order valence-electron chi connectivity index (χ4n) is 1.40. The Kier molecular flexibility index (Phi) is 2.85. The molecule has 1 aliphatic heterocycles. The van der Waals surface area contributed by atoms with E-state index in [-0.39, 0.29) is 4.85 Å². The molecule has 1 nitrogen and oxygen atoms in total. The van der Waals surface area contributed by atoms with Crippen LogP contribution in [0.25, 0.3) is 0 Å². The highest BCUT2D eigenvalue weighted by Gasteiger charge is 2.43. The third-order valence-electron chi connectivity index (χ3n) is 2.73. The number of rotatable bonds is 1. The summed E-state index contributed by atoms with van der Waals surface area (Å²) >= 11 is 6.40. The average molecular weight is 209 g/mol. The third-order valence-corrected chi connectivity index (χ3v) is 12.3. The molecule has 11 heavy (non-hydrogen) atoms. The minimum atomic E-state index is -1.57. The predicted molar refractivity (Wildman–Crippen MR) is 55.8 cm³/mol. The van der Waals surface area contributed by atoms with Gasteiger partial charge in [0, 0.05) is 16.8 Å². The first-order valence-corrected chi connectivity index (χ1v) is 9.30. The lowest BCUT2D eigenvalue weighted by molar-refractivity contribution is 0.0323. The quantitative estimate of drug-likeness (QED) is 0.466. The molecule has 1 rings (SSSR count). The molecule has 0 bridgehead atoms. The molecule has 0 N–H and O–H groups in total. The van der Waals surface area contributed by atoms with E-state index in [2.05, 4.69) is 13.1 Å². The van der Waals surface area contributed by atoms with Gasteiger partial charge in [-0.3, -0.25) is 0 Å². The maximum Gasteiger partial charge on any atom is 0.178 e. The van der Waals surface area contributed by atoms with E-state index in [9.17, 15) is 0 Å². The Morgan fingerprint density at radius 3 is 2.36 bits per heavy atom. The van der Waals surface area contributed by atoms with Gasteiger partial charge < -0.3 is 4.74 Å². The van der Waals surface area contributed by atoms with Gasteiger partial charge in [-0.2, -0.15) is 11.1 Å². The molecule has 1 atom stereocenters. The smallest absolute Gasteiger partial charge is 0.178 e. The number of halogens is 1. The van der Waals surface area contributed by atoms with Gasteiger partial charge in [-0.05, 0) is 19.3 Å². The first-order chi connectivity index (χ1) is 4.96. The maximum atomic E-state index is 6.40. The van der Waals surface area contributed by atoms with Gasteiger partial charge in [0.2, 0.25) is 0 Å². The fourth-order valence-corrected chi connectivity index (χ4v) is 3.62. The van der Waals surface area contributed by atoms with Crippen LogP contribution in [0.2, 0.25) is 13.1 Å². The molecule has 0 saturated carbocycles. The summed E-state index contributed by atoms with van der Waals surface area (Å²) in [6.07, 6.45) is 3.75. The second-order valence-electron chi connectivity index (χ2n) is 4.01. The largest absolute Gasteiger partial charge is 0.381 e. The van der Waals surface area contributed by atoms with Gasteiger partial charge in [0.1, 0.15) is 0 Å². The van der Waals surface area contributed by atoms with Crippen LogP contribution < -0.4 is 0 Å². The second-order valence-corrected chi connectivity index (χ2v) is 13.5. The van der Waals surface area contributed by atoms with Gasteiger partial charge in [-0.1, -0.05) is 13.1 Å². The summed E-state index contributed by atoms with van der Waals surface area (Å²) in [4.78, 5) is 0.160. The van der Waals surface area contributed by atoms with E-state index >= 15 is 0 Å². The van der Waals surface area contributed by atoms with Crippen molar-refractivity contribution in [1.29, 1.82) is 0 Å². The molecular weight excluding hydrogens is 192 g/mol. The number of hydrogen-bond acceptors (Lipinski definition) is 1. The van der Waals surface area contributed by atoms with Crippen molar-refractivity contribution in [2.45, 2.75) is 37.2 Å². The monoisotopic (exact) mass is 208 g/mol. The van der Waals surface area contributed by atoms with Crippen molar-refractivity contribution < 1.29 is 4.74 Å². The van der Waals surface area contributed by atoms with Crippen molar-refractivity contribution in [2.75, 3.05) is 6.61 Å². The van der Waals surface area contributed by atoms with E-state index in [1.807, 2.05) is 0 Å².